The van der Waals surface area contributed by atoms with E-state index in [9.17, 15) is 18.0 Å². The number of hydrogen-bond acceptors (Lipinski definition) is 3. The molecule has 114 valence electrons. The van der Waals surface area contributed by atoms with E-state index in [1.165, 1.54) is 19.1 Å². The summed E-state index contributed by atoms with van der Waals surface area (Å²) in [6, 6.07) is 5.51. The smallest absolute Gasteiger partial charge is 0.405 e. The average molecular weight is 365 g/mol. The Morgan fingerprint density at radius 1 is 1.48 bits per heavy atom. The van der Waals surface area contributed by atoms with Gasteiger partial charge in [-0.3, -0.25) is 4.79 Å². The van der Waals surface area contributed by atoms with Crippen molar-refractivity contribution in [2.75, 3.05) is 5.32 Å². The highest BCUT2D eigenvalue weighted by atomic mass is 79.9. The van der Waals surface area contributed by atoms with E-state index >= 15 is 0 Å². The summed E-state index contributed by atoms with van der Waals surface area (Å²) in [5.74, 6) is -0.942. The van der Waals surface area contributed by atoms with Crippen molar-refractivity contribution in [1.29, 1.82) is 5.26 Å². The Hall–Kier alpha value is -1.75. The Kier molecular flexibility index (Phi) is 5.23. The van der Waals surface area contributed by atoms with Crippen molar-refractivity contribution < 1.29 is 22.7 Å². The molecular formula is C13H12BrF3N2O2. The summed E-state index contributed by atoms with van der Waals surface area (Å²) in [6.07, 6.45) is -4.49. The molecule has 0 bridgehead atoms. The topological polar surface area (TPSA) is 62.1 Å². The molecule has 0 radical (unpaired) electrons. The van der Waals surface area contributed by atoms with E-state index in [2.05, 4.69) is 26.0 Å². The van der Waals surface area contributed by atoms with E-state index in [1.54, 1.807) is 6.92 Å². The molecule has 0 heterocycles. The van der Waals surface area contributed by atoms with E-state index in [0.717, 1.165) is 6.07 Å². The van der Waals surface area contributed by atoms with Crippen LogP contribution in [0.5, 0.6) is 5.75 Å². The zero-order valence-electron chi connectivity index (χ0n) is 11.2. The van der Waals surface area contributed by atoms with Gasteiger partial charge in [-0.05, 0) is 47.5 Å². The van der Waals surface area contributed by atoms with Crippen LogP contribution in [0.4, 0.5) is 18.9 Å². The van der Waals surface area contributed by atoms with Gasteiger partial charge in [-0.15, -0.1) is 13.2 Å². The lowest BCUT2D eigenvalue weighted by atomic mass is 9.88. The highest BCUT2D eigenvalue weighted by Crippen LogP contribution is 2.33. The molecular weight excluding hydrogens is 353 g/mol. The van der Waals surface area contributed by atoms with Crippen LogP contribution in [0, 0.1) is 16.7 Å². The lowest BCUT2D eigenvalue weighted by Gasteiger charge is -2.19. The summed E-state index contributed by atoms with van der Waals surface area (Å²) in [6.45, 7) is 3.18. The van der Waals surface area contributed by atoms with Gasteiger partial charge in [0.05, 0.1) is 10.5 Å². The van der Waals surface area contributed by atoms with E-state index in [1.807, 2.05) is 6.07 Å². The number of rotatable bonds is 4. The Bertz CT molecular complexity index is 584. The van der Waals surface area contributed by atoms with Gasteiger partial charge in [0.25, 0.3) is 0 Å². The third-order valence-corrected chi connectivity index (χ3v) is 3.49. The summed E-state index contributed by atoms with van der Waals surface area (Å²) in [5, 5.41) is 11.5. The zero-order valence-corrected chi connectivity index (χ0v) is 12.8. The standard InChI is InChI=1S/C13H12BrF3N2O2/c1-3-12(2,7-18)11(20)19-8-4-5-10(9(14)6-8)21-13(15,16)17/h4-6H,3H2,1-2H3,(H,19,20). The van der Waals surface area contributed by atoms with Crippen LogP contribution in [0.15, 0.2) is 22.7 Å². The number of benzene rings is 1. The molecule has 1 amide bonds. The van der Waals surface area contributed by atoms with Crippen LogP contribution in [0.3, 0.4) is 0 Å². The van der Waals surface area contributed by atoms with Crippen LogP contribution in [0.1, 0.15) is 20.3 Å². The number of nitrogens with zero attached hydrogens (tertiary/aromatic N) is 1. The van der Waals surface area contributed by atoms with Crippen molar-refractivity contribution in [3.8, 4) is 11.8 Å². The molecule has 0 fully saturated rings. The molecule has 0 saturated carbocycles. The Labute approximate surface area is 128 Å². The predicted molar refractivity (Wildman–Crippen MR) is 73.5 cm³/mol. The zero-order chi connectivity index (χ0) is 16.3. The van der Waals surface area contributed by atoms with Gasteiger partial charge in [-0.25, -0.2) is 0 Å². The van der Waals surface area contributed by atoms with Gasteiger partial charge < -0.3 is 10.1 Å². The van der Waals surface area contributed by atoms with Crippen molar-refractivity contribution in [3.05, 3.63) is 22.7 Å². The Morgan fingerprint density at radius 3 is 2.52 bits per heavy atom. The molecule has 0 aliphatic carbocycles. The molecule has 0 saturated heterocycles. The minimum atomic E-state index is -4.80. The van der Waals surface area contributed by atoms with E-state index in [-0.39, 0.29) is 10.2 Å². The third kappa shape index (κ3) is 4.63. The van der Waals surface area contributed by atoms with Crippen molar-refractivity contribution in [3.63, 3.8) is 0 Å². The molecule has 1 rings (SSSR count). The van der Waals surface area contributed by atoms with Gasteiger partial charge in [0.15, 0.2) is 0 Å². The normalized spacial score (nSPS) is 14.0. The summed E-state index contributed by atoms with van der Waals surface area (Å²) >= 11 is 2.93. The van der Waals surface area contributed by atoms with Crippen LogP contribution in [0.2, 0.25) is 0 Å². The SMILES string of the molecule is CCC(C)(C#N)C(=O)Nc1ccc(OC(F)(F)F)c(Br)c1. The van der Waals surface area contributed by atoms with Crippen LogP contribution in [-0.4, -0.2) is 12.3 Å². The average Bonchev–Trinajstić information content (AvgIpc) is 2.39. The number of hydrogen-bond donors (Lipinski definition) is 1. The number of amides is 1. The molecule has 0 aromatic heterocycles. The Morgan fingerprint density at radius 2 is 2.10 bits per heavy atom. The molecule has 0 spiro atoms. The van der Waals surface area contributed by atoms with Crippen LogP contribution in [-0.2, 0) is 4.79 Å². The number of anilines is 1. The number of halogens is 4. The van der Waals surface area contributed by atoms with E-state index in [0.29, 0.717) is 6.42 Å². The fourth-order valence-electron chi connectivity index (χ4n) is 1.35. The first-order valence-electron chi connectivity index (χ1n) is 5.89. The molecule has 1 N–H and O–H groups in total. The number of alkyl halides is 3. The number of nitrogens with one attached hydrogen (secondary N) is 1. The molecule has 0 aliphatic heterocycles. The lowest BCUT2D eigenvalue weighted by Crippen LogP contribution is -2.31. The van der Waals surface area contributed by atoms with Gasteiger partial charge in [-0.2, -0.15) is 5.26 Å². The van der Waals surface area contributed by atoms with Crippen molar-refractivity contribution in [2.24, 2.45) is 5.41 Å². The van der Waals surface area contributed by atoms with Gasteiger partial charge in [0.1, 0.15) is 11.2 Å². The maximum Gasteiger partial charge on any atom is 0.573 e. The molecule has 4 nitrogen and oxygen atoms in total. The van der Waals surface area contributed by atoms with E-state index in [4.69, 9.17) is 5.26 Å². The minimum Gasteiger partial charge on any atom is -0.405 e. The summed E-state index contributed by atoms with van der Waals surface area (Å²) in [4.78, 5) is 12.0. The monoisotopic (exact) mass is 364 g/mol. The fraction of sp³-hybridized carbons (Fsp3) is 0.385. The number of carbonyl (C=O) groups is 1. The second-order valence-electron chi connectivity index (χ2n) is 4.44. The van der Waals surface area contributed by atoms with Crippen LogP contribution < -0.4 is 10.1 Å². The second kappa shape index (κ2) is 6.35. The number of carbonyl (C=O) groups excluding carboxylic acids is 1. The van der Waals surface area contributed by atoms with Crippen LogP contribution >= 0.6 is 15.9 Å². The first-order valence-corrected chi connectivity index (χ1v) is 6.68. The summed E-state index contributed by atoms with van der Waals surface area (Å²) in [7, 11) is 0. The molecule has 0 aliphatic rings. The predicted octanol–water partition coefficient (Wildman–Crippen LogP) is 4.23. The number of nitriles is 1. The molecule has 1 aromatic carbocycles. The van der Waals surface area contributed by atoms with Crippen molar-refractivity contribution >= 4 is 27.5 Å². The van der Waals surface area contributed by atoms with Gasteiger partial charge in [-0.1, -0.05) is 6.92 Å². The molecule has 1 aromatic rings. The van der Waals surface area contributed by atoms with Crippen molar-refractivity contribution in [2.45, 2.75) is 26.6 Å². The molecule has 21 heavy (non-hydrogen) atoms. The lowest BCUT2D eigenvalue weighted by molar-refractivity contribution is -0.274. The van der Waals surface area contributed by atoms with Crippen molar-refractivity contribution in [1.82, 2.24) is 0 Å². The van der Waals surface area contributed by atoms with Gasteiger partial charge >= 0.3 is 6.36 Å². The number of ether oxygens (including phenoxy) is 1. The molecule has 1 unspecified atom stereocenters. The summed E-state index contributed by atoms with van der Waals surface area (Å²) < 4.78 is 40.2. The third-order valence-electron chi connectivity index (χ3n) is 2.87. The van der Waals surface area contributed by atoms with E-state index < -0.39 is 23.4 Å². The first-order chi connectivity index (χ1) is 9.61. The maximum absolute atomic E-state index is 12.1. The highest BCUT2D eigenvalue weighted by Gasteiger charge is 2.33. The summed E-state index contributed by atoms with van der Waals surface area (Å²) in [5.41, 5.74) is -0.940. The molecule has 8 heteroatoms. The van der Waals surface area contributed by atoms with Crippen LogP contribution in [0.25, 0.3) is 0 Å². The minimum absolute atomic E-state index is 0.0350. The van der Waals surface area contributed by atoms with Gasteiger partial charge in [0.2, 0.25) is 5.91 Å². The largest absolute Gasteiger partial charge is 0.573 e. The first kappa shape index (κ1) is 17.3. The molecule has 1 atom stereocenters. The fourth-order valence-corrected chi connectivity index (χ4v) is 1.81. The maximum atomic E-state index is 12.1. The highest BCUT2D eigenvalue weighted by molar-refractivity contribution is 9.10. The Balaban J connectivity index is 2.91. The quantitative estimate of drug-likeness (QED) is 0.869. The van der Waals surface area contributed by atoms with Gasteiger partial charge in [0, 0.05) is 5.69 Å². The second-order valence-corrected chi connectivity index (χ2v) is 5.30.